The highest BCUT2D eigenvalue weighted by Crippen LogP contribution is 2.15. The molecule has 0 atom stereocenters. The van der Waals surface area contributed by atoms with Gasteiger partial charge in [0.15, 0.2) is 0 Å². The molecule has 0 aliphatic rings. The molecule has 1 aromatic rings. The van der Waals surface area contributed by atoms with Gasteiger partial charge < -0.3 is 4.74 Å². The highest BCUT2D eigenvalue weighted by molar-refractivity contribution is 7.88. The summed E-state index contributed by atoms with van der Waals surface area (Å²) >= 11 is 0. The van der Waals surface area contributed by atoms with Crippen molar-refractivity contribution < 1.29 is 13.2 Å². The second kappa shape index (κ2) is 7.20. The Hall–Kier alpha value is -1.31. The van der Waals surface area contributed by atoms with Crippen LogP contribution in [0.1, 0.15) is 12.0 Å². The molecule has 1 rings (SSSR count). The van der Waals surface area contributed by atoms with E-state index in [1.807, 2.05) is 0 Å². The summed E-state index contributed by atoms with van der Waals surface area (Å²) in [5.74, 6) is -0.163. The van der Waals surface area contributed by atoms with E-state index < -0.39 is 10.0 Å². The minimum atomic E-state index is -3.39. The van der Waals surface area contributed by atoms with Gasteiger partial charge in [-0.25, -0.2) is 13.1 Å². The fraction of sp³-hybridized carbons (Fsp3) is 0.455. The summed E-state index contributed by atoms with van der Waals surface area (Å²) in [6.45, 7) is 0.842. The second-order valence-electron chi connectivity index (χ2n) is 3.76. The first kappa shape index (κ1) is 14.7. The normalized spacial score (nSPS) is 11.4. The van der Waals surface area contributed by atoms with Crippen LogP contribution in [0.25, 0.3) is 0 Å². The van der Waals surface area contributed by atoms with Gasteiger partial charge in [-0.15, -0.1) is 4.91 Å². The Kier molecular flexibility index (Phi) is 5.90. The smallest absolute Gasteiger partial charge is 0.215 e. The molecule has 6 nitrogen and oxygen atoms in total. The van der Waals surface area contributed by atoms with Gasteiger partial charge in [0.05, 0.1) is 5.75 Å². The Labute approximate surface area is 106 Å². The van der Waals surface area contributed by atoms with Crippen molar-refractivity contribution in [2.45, 2.75) is 12.2 Å². The highest BCUT2D eigenvalue weighted by Gasteiger charge is 2.11. The van der Waals surface area contributed by atoms with Crippen LogP contribution in [0.15, 0.2) is 29.4 Å². The minimum absolute atomic E-state index is 0.163. The third-order valence-corrected chi connectivity index (χ3v) is 3.58. The minimum Gasteiger partial charge on any atom is -0.385 e. The standard InChI is InChI=1S/C11H16N2O4S/c1-17-7-3-6-12-18(15,16)9-10-4-2-5-11(8-10)13-14/h2,4-5,8,12H,3,6-7,9H2,1H3. The van der Waals surface area contributed by atoms with Crippen molar-refractivity contribution in [3.8, 4) is 0 Å². The third-order valence-electron chi connectivity index (χ3n) is 2.22. The van der Waals surface area contributed by atoms with Crippen LogP contribution >= 0.6 is 0 Å². The number of sulfonamides is 1. The van der Waals surface area contributed by atoms with Crippen molar-refractivity contribution >= 4 is 15.7 Å². The van der Waals surface area contributed by atoms with E-state index in [9.17, 15) is 13.3 Å². The molecule has 0 saturated heterocycles. The zero-order chi connectivity index (χ0) is 13.4. The first-order valence-corrected chi connectivity index (χ1v) is 7.11. The molecule has 0 radical (unpaired) electrons. The van der Waals surface area contributed by atoms with Crippen LogP contribution in [0, 0.1) is 4.91 Å². The first-order chi connectivity index (χ1) is 8.57. The molecule has 0 amide bonds. The van der Waals surface area contributed by atoms with E-state index in [4.69, 9.17) is 4.74 Å². The van der Waals surface area contributed by atoms with Gasteiger partial charge in [0.25, 0.3) is 0 Å². The Bertz CT molecular complexity index is 488. The first-order valence-electron chi connectivity index (χ1n) is 5.46. The molecular weight excluding hydrogens is 256 g/mol. The van der Waals surface area contributed by atoms with Gasteiger partial charge in [-0.3, -0.25) is 0 Å². The lowest BCUT2D eigenvalue weighted by Gasteiger charge is -2.06. The molecule has 18 heavy (non-hydrogen) atoms. The van der Waals surface area contributed by atoms with E-state index in [0.717, 1.165) is 0 Å². The van der Waals surface area contributed by atoms with Crippen molar-refractivity contribution in [3.05, 3.63) is 34.7 Å². The van der Waals surface area contributed by atoms with E-state index >= 15 is 0 Å². The van der Waals surface area contributed by atoms with Gasteiger partial charge in [-0.05, 0) is 29.3 Å². The average Bonchev–Trinajstić information content (AvgIpc) is 2.34. The van der Waals surface area contributed by atoms with Crippen LogP contribution < -0.4 is 4.72 Å². The fourth-order valence-corrected chi connectivity index (χ4v) is 2.59. The number of ether oxygens (including phenoxy) is 1. The third kappa shape index (κ3) is 5.35. The van der Waals surface area contributed by atoms with Crippen LogP contribution in [0.3, 0.4) is 0 Å². The number of hydrogen-bond acceptors (Lipinski definition) is 5. The maximum atomic E-state index is 11.7. The van der Waals surface area contributed by atoms with Crippen molar-refractivity contribution in [1.82, 2.24) is 4.72 Å². The molecule has 0 fully saturated rings. The molecule has 0 aliphatic carbocycles. The Morgan fingerprint density at radius 3 is 2.83 bits per heavy atom. The number of nitrogens with zero attached hydrogens (tertiary/aromatic N) is 1. The Balaban J connectivity index is 2.56. The van der Waals surface area contributed by atoms with E-state index in [-0.39, 0.29) is 11.4 Å². The summed E-state index contributed by atoms with van der Waals surface area (Å²) in [5.41, 5.74) is 0.758. The molecule has 7 heteroatoms. The van der Waals surface area contributed by atoms with Gasteiger partial charge in [0, 0.05) is 20.3 Å². The fourth-order valence-electron chi connectivity index (χ4n) is 1.42. The maximum Gasteiger partial charge on any atom is 0.215 e. The average molecular weight is 272 g/mol. The Morgan fingerprint density at radius 2 is 2.17 bits per heavy atom. The van der Waals surface area contributed by atoms with E-state index in [1.165, 1.54) is 12.1 Å². The molecular formula is C11H16N2O4S. The molecule has 0 bridgehead atoms. The van der Waals surface area contributed by atoms with Crippen molar-refractivity contribution in [1.29, 1.82) is 0 Å². The van der Waals surface area contributed by atoms with Crippen LogP contribution in [0.4, 0.5) is 5.69 Å². The molecule has 0 aliphatic heterocycles. The van der Waals surface area contributed by atoms with Gasteiger partial charge in [-0.2, -0.15) is 0 Å². The summed E-state index contributed by atoms with van der Waals surface area (Å²) < 4.78 is 30.7. The summed E-state index contributed by atoms with van der Waals surface area (Å²) in [6, 6.07) is 6.23. The van der Waals surface area contributed by atoms with Crippen molar-refractivity contribution in [2.24, 2.45) is 5.18 Å². The van der Waals surface area contributed by atoms with Crippen molar-refractivity contribution in [3.63, 3.8) is 0 Å². The van der Waals surface area contributed by atoms with Crippen LogP contribution in [-0.2, 0) is 20.5 Å². The SMILES string of the molecule is COCCCNS(=O)(=O)Cc1cccc(N=O)c1. The quantitative estimate of drug-likeness (QED) is 0.574. The Morgan fingerprint density at radius 1 is 1.39 bits per heavy atom. The molecule has 1 aromatic carbocycles. The van der Waals surface area contributed by atoms with Gasteiger partial charge in [-0.1, -0.05) is 12.1 Å². The maximum absolute atomic E-state index is 11.7. The zero-order valence-electron chi connectivity index (χ0n) is 10.1. The molecule has 100 valence electrons. The van der Waals surface area contributed by atoms with Crippen LogP contribution in [-0.4, -0.2) is 28.7 Å². The van der Waals surface area contributed by atoms with Crippen LogP contribution in [0.5, 0.6) is 0 Å². The monoisotopic (exact) mass is 272 g/mol. The number of rotatable bonds is 8. The van der Waals surface area contributed by atoms with E-state index in [0.29, 0.717) is 25.1 Å². The number of nitrogens with one attached hydrogen (secondary N) is 1. The molecule has 0 spiro atoms. The number of benzene rings is 1. The highest BCUT2D eigenvalue weighted by atomic mass is 32.2. The van der Waals surface area contributed by atoms with Crippen LogP contribution in [0.2, 0.25) is 0 Å². The molecule has 0 unspecified atom stereocenters. The number of hydrogen-bond donors (Lipinski definition) is 1. The number of methoxy groups -OCH3 is 1. The van der Waals surface area contributed by atoms with E-state index in [2.05, 4.69) is 9.90 Å². The predicted octanol–water partition coefficient (Wildman–Crippen LogP) is 1.54. The number of nitroso groups, excluding NO2 is 1. The second-order valence-corrected chi connectivity index (χ2v) is 5.57. The molecule has 0 saturated carbocycles. The molecule has 0 aromatic heterocycles. The summed E-state index contributed by atoms with van der Waals surface area (Å²) in [7, 11) is -1.83. The summed E-state index contributed by atoms with van der Waals surface area (Å²) in [5, 5.41) is 2.77. The predicted molar refractivity (Wildman–Crippen MR) is 69.0 cm³/mol. The molecule has 0 heterocycles. The molecule has 1 N–H and O–H groups in total. The van der Waals surface area contributed by atoms with Crippen molar-refractivity contribution in [2.75, 3.05) is 20.3 Å². The lowest BCUT2D eigenvalue weighted by atomic mass is 10.2. The zero-order valence-corrected chi connectivity index (χ0v) is 10.9. The summed E-state index contributed by atoms with van der Waals surface area (Å²) in [4.78, 5) is 10.3. The summed E-state index contributed by atoms with van der Waals surface area (Å²) in [6.07, 6.45) is 0.617. The topological polar surface area (TPSA) is 84.8 Å². The largest absolute Gasteiger partial charge is 0.385 e. The van der Waals surface area contributed by atoms with Gasteiger partial charge >= 0.3 is 0 Å². The lowest BCUT2D eigenvalue weighted by Crippen LogP contribution is -2.26. The van der Waals surface area contributed by atoms with Gasteiger partial charge in [0.2, 0.25) is 10.0 Å². The lowest BCUT2D eigenvalue weighted by molar-refractivity contribution is 0.196. The van der Waals surface area contributed by atoms with E-state index in [1.54, 1.807) is 19.2 Å². The van der Waals surface area contributed by atoms with Gasteiger partial charge in [0.1, 0.15) is 5.69 Å².